The fourth-order valence-electron chi connectivity index (χ4n) is 3.41. The van der Waals surface area contributed by atoms with Crippen molar-refractivity contribution >= 4 is 23.1 Å². The number of carbonyl (C=O) groups is 1. The molecule has 0 aliphatic rings. The summed E-state index contributed by atoms with van der Waals surface area (Å²) in [4.78, 5) is 29.5. The van der Waals surface area contributed by atoms with Crippen LogP contribution in [0.3, 0.4) is 0 Å². The summed E-state index contributed by atoms with van der Waals surface area (Å²) in [7, 11) is 1.57. The molecule has 5 aromatic rings. The second-order valence-corrected chi connectivity index (χ2v) is 7.32. The smallest absolute Gasteiger partial charge is 0.251 e. The number of pyridine rings is 2. The average Bonchev–Trinajstić information content (AvgIpc) is 3.39. The number of ether oxygens (including phenoxy) is 1. The van der Waals surface area contributed by atoms with Crippen LogP contribution in [-0.4, -0.2) is 42.6 Å². The van der Waals surface area contributed by atoms with Crippen molar-refractivity contribution in [1.29, 1.82) is 0 Å². The lowest BCUT2D eigenvalue weighted by Gasteiger charge is -2.11. The van der Waals surface area contributed by atoms with E-state index in [1.165, 1.54) is 6.33 Å². The molecule has 0 spiro atoms. The standard InChI is InChI=1S/C24H20N8O2/c1-34-21-11-18(8-10-26-21)20-14-27-22(23-29-15-30-32(20)23)31-19-6-4-17(5-7-19)24(33)28-13-16-3-2-9-25-12-16/h2-12,14-15H,13H2,1H3,(H,27,31)(H,28,33). The predicted octanol–water partition coefficient (Wildman–Crippen LogP) is 3.26. The van der Waals surface area contributed by atoms with Gasteiger partial charge in [0.1, 0.15) is 6.33 Å². The van der Waals surface area contributed by atoms with Crippen molar-refractivity contribution < 1.29 is 9.53 Å². The Balaban J connectivity index is 1.32. The van der Waals surface area contributed by atoms with Crippen molar-refractivity contribution in [3.63, 3.8) is 0 Å². The van der Waals surface area contributed by atoms with Gasteiger partial charge in [-0.25, -0.2) is 19.5 Å². The third-order valence-corrected chi connectivity index (χ3v) is 5.13. The molecule has 1 aromatic carbocycles. The van der Waals surface area contributed by atoms with Crippen molar-refractivity contribution in [2.45, 2.75) is 6.54 Å². The lowest BCUT2D eigenvalue weighted by Crippen LogP contribution is -2.22. The van der Waals surface area contributed by atoms with Gasteiger partial charge in [-0.1, -0.05) is 6.07 Å². The van der Waals surface area contributed by atoms with Crippen LogP contribution < -0.4 is 15.4 Å². The van der Waals surface area contributed by atoms with Gasteiger partial charge in [-0.05, 0) is 42.0 Å². The normalized spacial score (nSPS) is 10.7. The number of hydrogen-bond donors (Lipinski definition) is 2. The molecule has 0 radical (unpaired) electrons. The van der Waals surface area contributed by atoms with Crippen LogP contribution in [0.1, 0.15) is 15.9 Å². The van der Waals surface area contributed by atoms with E-state index in [0.717, 1.165) is 22.5 Å². The molecular weight excluding hydrogens is 432 g/mol. The van der Waals surface area contributed by atoms with E-state index in [0.29, 0.717) is 29.5 Å². The molecule has 0 saturated heterocycles. The molecule has 0 saturated carbocycles. The summed E-state index contributed by atoms with van der Waals surface area (Å²) in [6, 6.07) is 14.5. The van der Waals surface area contributed by atoms with Crippen molar-refractivity contribution in [1.82, 2.24) is 34.9 Å². The molecule has 1 amide bonds. The van der Waals surface area contributed by atoms with Crippen LogP contribution in [-0.2, 0) is 6.54 Å². The van der Waals surface area contributed by atoms with Gasteiger partial charge in [0.05, 0.1) is 19.0 Å². The molecule has 10 nitrogen and oxygen atoms in total. The first-order chi connectivity index (χ1) is 16.7. The zero-order chi connectivity index (χ0) is 23.3. The minimum absolute atomic E-state index is 0.162. The number of anilines is 2. The molecule has 168 valence electrons. The first kappa shape index (κ1) is 21.0. The summed E-state index contributed by atoms with van der Waals surface area (Å²) in [5.74, 6) is 0.874. The first-order valence-corrected chi connectivity index (χ1v) is 10.4. The van der Waals surface area contributed by atoms with Crippen LogP contribution in [0, 0.1) is 0 Å². The number of aromatic nitrogens is 6. The van der Waals surface area contributed by atoms with Gasteiger partial charge < -0.3 is 15.4 Å². The number of carbonyl (C=O) groups excluding carboxylic acids is 1. The largest absolute Gasteiger partial charge is 0.481 e. The predicted molar refractivity (Wildman–Crippen MR) is 126 cm³/mol. The second kappa shape index (κ2) is 9.33. The Kier molecular flexibility index (Phi) is 5.76. The van der Waals surface area contributed by atoms with Crippen molar-refractivity contribution in [2.75, 3.05) is 12.4 Å². The zero-order valence-electron chi connectivity index (χ0n) is 18.2. The fourth-order valence-corrected chi connectivity index (χ4v) is 3.41. The van der Waals surface area contributed by atoms with Crippen molar-refractivity contribution in [3.05, 3.63) is 90.8 Å². The SMILES string of the molecule is COc1cc(-c2cnc(Nc3ccc(C(=O)NCc4cccnc4)cc3)c3ncnn23)ccn1. The van der Waals surface area contributed by atoms with Crippen molar-refractivity contribution in [2.24, 2.45) is 0 Å². The fraction of sp³-hybridized carbons (Fsp3) is 0.0833. The second-order valence-electron chi connectivity index (χ2n) is 7.32. The van der Waals surface area contributed by atoms with E-state index in [1.807, 2.05) is 36.4 Å². The van der Waals surface area contributed by atoms with Gasteiger partial charge in [0, 0.05) is 48.0 Å². The first-order valence-electron chi connectivity index (χ1n) is 10.4. The molecule has 5 rings (SSSR count). The molecule has 0 fully saturated rings. The highest BCUT2D eigenvalue weighted by molar-refractivity contribution is 5.94. The van der Waals surface area contributed by atoms with Crippen molar-refractivity contribution in [3.8, 4) is 17.1 Å². The number of nitrogens with zero attached hydrogens (tertiary/aromatic N) is 6. The van der Waals surface area contributed by atoms with E-state index in [-0.39, 0.29) is 5.91 Å². The quantitative estimate of drug-likeness (QED) is 0.386. The highest BCUT2D eigenvalue weighted by Crippen LogP contribution is 2.26. The number of benzene rings is 1. The molecule has 0 aliphatic heterocycles. The maximum atomic E-state index is 12.4. The minimum atomic E-state index is -0.162. The summed E-state index contributed by atoms with van der Waals surface area (Å²) < 4.78 is 6.92. The highest BCUT2D eigenvalue weighted by atomic mass is 16.5. The molecule has 34 heavy (non-hydrogen) atoms. The van der Waals surface area contributed by atoms with Crippen LogP contribution in [0.4, 0.5) is 11.5 Å². The Morgan fingerprint density at radius 2 is 1.91 bits per heavy atom. The van der Waals surface area contributed by atoms with Gasteiger partial charge in [0.15, 0.2) is 11.5 Å². The summed E-state index contributed by atoms with van der Waals surface area (Å²) >= 11 is 0. The van der Waals surface area contributed by atoms with Gasteiger partial charge >= 0.3 is 0 Å². The Labute approximate surface area is 194 Å². The van der Waals surface area contributed by atoms with Gasteiger partial charge in [-0.3, -0.25) is 9.78 Å². The van der Waals surface area contributed by atoms with Gasteiger partial charge in [-0.15, -0.1) is 0 Å². The molecule has 4 heterocycles. The van der Waals surface area contributed by atoms with Crippen LogP contribution in [0.2, 0.25) is 0 Å². The number of fused-ring (bicyclic) bond motifs is 1. The monoisotopic (exact) mass is 452 g/mol. The molecule has 0 unspecified atom stereocenters. The molecule has 0 atom stereocenters. The summed E-state index contributed by atoms with van der Waals surface area (Å²) in [6.45, 7) is 0.414. The van der Waals surface area contributed by atoms with Crippen LogP contribution in [0.25, 0.3) is 16.9 Å². The minimum Gasteiger partial charge on any atom is -0.481 e. The maximum Gasteiger partial charge on any atom is 0.251 e. The molecule has 10 heteroatoms. The number of amides is 1. The van der Waals surface area contributed by atoms with E-state index in [4.69, 9.17) is 4.74 Å². The Bertz CT molecular complexity index is 1430. The molecule has 0 aliphatic carbocycles. The lowest BCUT2D eigenvalue weighted by atomic mass is 10.2. The average molecular weight is 452 g/mol. The number of hydrogen-bond acceptors (Lipinski definition) is 8. The van der Waals surface area contributed by atoms with Gasteiger partial charge in [0.25, 0.3) is 5.91 Å². The number of rotatable bonds is 7. The van der Waals surface area contributed by atoms with Gasteiger partial charge in [-0.2, -0.15) is 5.10 Å². The maximum absolute atomic E-state index is 12.4. The van der Waals surface area contributed by atoms with E-state index in [1.54, 1.807) is 48.5 Å². The summed E-state index contributed by atoms with van der Waals surface area (Å²) in [5.41, 5.74) is 4.41. The van der Waals surface area contributed by atoms with Gasteiger partial charge in [0.2, 0.25) is 5.88 Å². The Hall–Kier alpha value is -4.86. The van der Waals surface area contributed by atoms with Crippen LogP contribution >= 0.6 is 0 Å². The van der Waals surface area contributed by atoms with E-state index in [2.05, 4.69) is 35.7 Å². The molecular formula is C24H20N8O2. The Morgan fingerprint density at radius 1 is 1.03 bits per heavy atom. The zero-order valence-corrected chi connectivity index (χ0v) is 18.2. The summed E-state index contributed by atoms with van der Waals surface area (Å²) in [6.07, 6.45) is 8.27. The van der Waals surface area contributed by atoms with Crippen LogP contribution in [0.5, 0.6) is 5.88 Å². The number of methoxy groups -OCH3 is 1. The molecule has 4 aromatic heterocycles. The third kappa shape index (κ3) is 4.37. The van der Waals surface area contributed by atoms with E-state index < -0.39 is 0 Å². The number of nitrogens with one attached hydrogen (secondary N) is 2. The molecule has 0 bridgehead atoms. The summed E-state index contributed by atoms with van der Waals surface area (Å²) in [5, 5.41) is 10.5. The Morgan fingerprint density at radius 3 is 2.71 bits per heavy atom. The lowest BCUT2D eigenvalue weighted by molar-refractivity contribution is 0.0951. The van der Waals surface area contributed by atoms with E-state index in [9.17, 15) is 4.79 Å². The molecule has 2 N–H and O–H groups in total. The third-order valence-electron chi connectivity index (χ3n) is 5.13. The van der Waals surface area contributed by atoms with Crippen LogP contribution in [0.15, 0.2) is 79.6 Å². The topological polar surface area (TPSA) is 119 Å². The highest BCUT2D eigenvalue weighted by Gasteiger charge is 2.13. The van der Waals surface area contributed by atoms with E-state index >= 15 is 0 Å².